The van der Waals surface area contributed by atoms with Crippen LogP contribution >= 0.6 is 0 Å². The fourth-order valence-corrected chi connectivity index (χ4v) is 1.43. The number of nitrogens with zero attached hydrogens (tertiary/aromatic N) is 1. The van der Waals surface area contributed by atoms with Crippen LogP contribution in [0.25, 0.3) is 0 Å². The summed E-state index contributed by atoms with van der Waals surface area (Å²) in [4.78, 5) is 11.4. The lowest BCUT2D eigenvalue weighted by atomic mass is 10.1. The summed E-state index contributed by atoms with van der Waals surface area (Å²) >= 11 is 0. The molecule has 2 aliphatic rings. The van der Waals surface area contributed by atoms with Gasteiger partial charge in [0, 0.05) is 25.6 Å². The van der Waals surface area contributed by atoms with Crippen molar-refractivity contribution < 1.29 is 4.79 Å². The van der Waals surface area contributed by atoms with Gasteiger partial charge in [0.25, 0.3) is 0 Å². The molecule has 3 nitrogen and oxygen atoms in total. The van der Waals surface area contributed by atoms with Gasteiger partial charge in [0.05, 0.1) is 6.04 Å². The van der Waals surface area contributed by atoms with Crippen molar-refractivity contribution in [2.45, 2.75) is 18.9 Å². The Bertz CT molecular complexity index is 159. The number of hydrogen-bond donors (Lipinski definition) is 1. The SMILES string of the molecule is O=C(C1CC1)C1CNCC[N]1. The van der Waals surface area contributed by atoms with Gasteiger partial charge in [-0.25, -0.2) is 5.32 Å². The van der Waals surface area contributed by atoms with Gasteiger partial charge in [-0.15, -0.1) is 0 Å². The van der Waals surface area contributed by atoms with E-state index >= 15 is 0 Å². The Morgan fingerprint density at radius 2 is 2.27 bits per heavy atom. The zero-order valence-corrected chi connectivity index (χ0v) is 6.55. The highest BCUT2D eigenvalue weighted by molar-refractivity contribution is 5.88. The van der Waals surface area contributed by atoms with Crippen molar-refractivity contribution in [2.24, 2.45) is 5.92 Å². The van der Waals surface area contributed by atoms with Gasteiger partial charge in [-0.05, 0) is 12.8 Å². The van der Waals surface area contributed by atoms with Crippen molar-refractivity contribution in [3.05, 3.63) is 0 Å². The molecule has 1 radical (unpaired) electrons. The molecule has 0 aromatic rings. The summed E-state index contributed by atoms with van der Waals surface area (Å²) in [5.74, 6) is 0.737. The number of piperazine rings is 1. The van der Waals surface area contributed by atoms with Crippen molar-refractivity contribution in [2.75, 3.05) is 19.6 Å². The van der Waals surface area contributed by atoms with Crippen LogP contribution in [0.3, 0.4) is 0 Å². The van der Waals surface area contributed by atoms with Crippen LogP contribution in [0.2, 0.25) is 0 Å². The summed E-state index contributed by atoms with van der Waals surface area (Å²) in [6.45, 7) is 2.52. The Morgan fingerprint density at radius 3 is 2.82 bits per heavy atom. The topological polar surface area (TPSA) is 43.2 Å². The van der Waals surface area contributed by atoms with Crippen LogP contribution in [0.5, 0.6) is 0 Å². The van der Waals surface area contributed by atoms with E-state index in [4.69, 9.17) is 0 Å². The number of nitrogens with one attached hydrogen (secondary N) is 1. The second kappa shape index (κ2) is 2.91. The van der Waals surface area contributed by atoms with E-state index in [2.05, 4.69) is 10.6 Å². The molecule has 0 spiro atoms. The maximum absolute atomic E-state index is 11.4. The Labute approximate surface area is 66.5 Å². The van der Waals surface area contributed by atoms with Gasteiger partial charge in [-0.2, -0.15) is 0 Å². The molecule has 1 aliphatic carbocycles. The molecule has 1 heterocycles. The third-order valence-electron chi connectivity index (χ3n) is 2.28. The molecule has 0 aromatic carbocycles. The first-order valence-electron chi connectivity index (χ1n) is 4.29. The molecule has 1 atom stereocenters. The molecule has 1 saturated heterocycles. The highest BCUT2D eigenvalue weighted by Gasteiger charge is 2.35. The van der Waals surface area contributed by atoms with Crippen molar-refractivity contribution in [1.82, 2.24) is 10.6 Å². The molecule has 0 amide bonds. The van der Waals surface area contributed by atoms with E-state index in [1.54, 1.807) is 0 Å². The van der Waals surface area contributed by atoms with E-state index in [9.17, 15) is 4.79 Å². The fraction of sp³-hybridized carbons (Fsp3) is 0.875. The van der Waals surface area contributed by atoms with Crippen LogP contribution in [0.4, 0.5) is 0 Å². The van der Waals surface area contributed by atoms with Gasteiger partial charge >= 0.3 is 0 Å². The Morgan fingerprint density at radius 1 is 1.45 bits per heavy atom. The van der Waals surface area contributed by atoms with Crippen LogP contribution in [0.15, 0.2) is 0 Å². The van der Waals surface area contributed by atoms with E-state index in [0.717, 1.165) is 32.5 Å². The van der Waals surface area contributed by atoms with Gasteiger partial charge in [0.1, 0.15) is 0 Å². The first kappa shape index (κ1) is 7.25. The second-order valence-electron chi connectivity index (χ2n) is 3.30. The highest BCUT2D eigenvalue weighted by Crippen LogP contribution is 2.31. The molecule has 11 heavy (non-hydrogen) atoms. The van der Waals surface area contributed by atoms with Crippen LogP contribution in [-0.4, -0.2) is 31.5 Å². The van der Waals surface area contributed by atoms with Gasteiger partial charge in [-0.1, -0.05) is 0 Å². The zero-order valence-electron chi connectivity index (χ0n) is 6.55. The predicted molar refractivity (Wildman–Crippen MR) is 41.4 cm³/mol. The van der Waals surface area contributed by atoms with Gasteiger partial charge in [0.2, 0.25) is 0 Å². The minimum atomic E-state index is -0.0174. The van der Waals surface area contributed by atoms with Crippen molar-refractivity contribution in [1.29, 1.82) is 0 Å². The molecule has 2 fully saturated rings. The lowest BCUT2D eigenvalue weighted by Crippen LogP contribution is -2.48. The minimum absolute atomic E-state index is 0.0174. The normalized spacial score (nSPS) is 31.8. The highest BCUT2D eigenvalue weighted by atomic mass is 16.1. The first-order chi connectivity index (χ1) is 5.38. The summed E-state index contributed by atoms with van der Waals surface area (Å²) in [5, 5.41) is 7.46. The summed E-state index contributed by atoms with van der Waals surface area (Å²) in [7, 11) is 0. The van der Waals surface area contributed by atoms with E-state index < -0.39 is 0 Å². The largest absolute Gasteiger partial charge is 0.313 e. The molecule has 0 aromatic heterocycles. The number of ketones is 1. The lowest BCUT2D eigenvalue weighted by molar-refractivity contribution is -0.122. The standard InChI is InChI=1S/C8H13N2O/c11-8(6-1-2-6)7-5-9-3-4-10-7/h6-7,9H,1-5H2. The Kier molecular flexibility index (Phi) is 1.92. The predicted octanol–water partition coefficient (Wildman–Crippen LogP) is -0.458. The third kappa shape index (κ3) is 1.60. The maximum Gasteiger partial charge on any atom is 0.155 e. The molecule has 1 N–H and O–H groups in total. The Balaban J connectivity index is 1.86. The molecule has 61 valence electrons. The summed E-state index contributed by atoms with van der Waals surface area (Å²) in [5.41, 5.74) is 0. The van der Waals surface area contributed by atoms with E-state index in [1.165, 1.54) is 0 Å². The number of Topliss-reactive ketones (excluding diaryl/α,β-unsaturated/α-hetero) is 1. The number of rotatable bonds is 2. The molecule has 3 heteroatoms. The van der Waals surface area contributed by atoms with Crippen LogP contribution < -0.4 is 10.6 Å². The quantitative estimate of drug-likeness (QED) is 0.583. The average molecular weight is 153 g/mol. The lowest BCUT2D eigenvalue weighted by Gasteiger charge is -2.21. The van der Waals surface area contributed by atoms with Gasteiger partial charge < -0.3 is 5.32 Å². The zero-order chi connectivity index (χ0) is 7.68. The van der Waals surface area contributed by atoms with E-state index in [1.807, 2.05) is 0 Å². The molecule has 1 saturated carbocycles. The first-order valence-corrected chi connectivity index (χ1v) is 4.29. The average Bonchev–Trinajstić information content (AvgIpc) is 2.87. The summed E-state index contributed by atoms with van der Waals surface area (Å²) < 4.78 is 0. The van der Waals surface area contributed by atoms with Crippen molar-refractivity contribution in [3.63, 3.8) is 0 Å². The van der Waals surface area contributed by atoms with E-state index in [-0.39, 0.29) is 6.04 Å². The summed E-state index contributed by atoms with van der Waals surface area (Å²) in [6.07, 6.45) is 2.20. The maximum atomic E-state index is 11.4. The Hall–Kier alpha value is -0.410. The van der Waals surface area contributed by atoms with Crippen molar-refractivity contribution >= 4 is 5.78 Å². The van der Waals surface area contributed by atoms with E-state index in [0.29, 0.717) is 11.7 Å². The molecule has 0 bridgehead atoms. The van der Waals surface area contributed by atoms with Crippen LogP contribution in [-0.2, 0) is 4.79 Å². The molecular formula is C8H13N2O. The third-order valence-corrected chi connectivity index (χ3v) is 2.28. The van der Waals surface area contributed by atoms with Crippen LogP contribution in [0, 0.1) is 5.92 Å². The fourth-order valence-electron chi connectivity index (χ4n) is 1.43. The minimum Gasteiger partial charge on any atom is -0.313 e. The molecule has 1 unspecified atom stereocenters. The second-order valence-corrected chi connectivity index (χ2v) is 3.30. The van der Waals surface area contributed by atoms with Crippen molar-refractivity contribution in [3.8, 4) is 0 Å². The number of carbonyl (C=O) groups is 1. The molecule has 1 aliphatic heterocycles. The smallest absolute Gasteiger partial charge is 0.155 e. The molecular weight excluding hydrogens is 140 g/mol. The molecule has 2 rings (SSSR count). The summed E-state index contributed by atoms with van der Waals surface area (Å²) in [6, 6.07) is -0.0174. The monoisotopic (exact) mass is 153 g/mol. The number of carbonyl (C=O) groups excluding carboxylic acids is 1. The van der Waals surface area contributed by atoms with Crippen LogP contribution in [0.1, 0.15) is 12.8 Å². The van der Waals surface area contributed by atoms with Gasteiger partial charge in [0.15, 0.2) is 5.78 Å². The van der Waals surface area contributed by atoms with Gasteiger partial charge in [-0.3, -0.25) is 4.79 Å². The number of hydrogen-bond acceptors (Lipinski definition) is 2.